The molecule has 0 aliphatic heterocycles. The molecule has 92 valence electrons. The molecule has 1 rings (SSSR count). The van der Waals surface area contributed by atoms with Gasteiger partial charge in [0.25, 0.3) is 0 Å². The monoisotopic (exact) mass is 232 g/mol. The van der Waals surface area contributed by atoms with Gasteiger partial charge in [0.15, 0.2) is 0 Å². The van der Waals surface area contributed by atoms with Crippen LogP contribution in [0.3, 0.4) is 0 Å². The summed E-state index contributed by atoms with van der Waals surface area (Å²) in [6, 6.07) is 8.26. The Morgan fingerprint density at radius 2 is 2.18 bits per heavy atom. The van der Waals surface area contributed by atoms with Crippen molar-refractivity contribution >= 4 is 0 Å². The first-order valence-electron chi connectivity index (χ1n) is 6.00. The molecule has 1 unspecified atom stereocenters. The molecule has 3 nitrogen and oxygen atoms in total. The largest absolute Gasteiger partial charge is 0.493 e. The Labute approximate surface area is 103 Å². The highest BCUT2D eigenvalue weighted by Gasteiger charge is 2.06. The molecule has 1 aromatic rings. The maximum Gasteiger partial charge on any atom is 0.122 e. The maximum absolute atomic E-state index is 8.88. The fourth-order valence-corrected chi connectivity index (χ4v) is 1.61. The molecule has 0 aliphatic carbocycles. The van der Waals surface area contributed by atoms with Crippen LogP contribution in [0.15, 0.2) is 18.2 Å². The van der Waals surface area contributed by atoms with Crippen molar-refractivity contribution in [1.29, 1.82) is 5.26 Å². The molecule has 0 heterocycles. The Morgan fingerprint density at radius 1 is 1.41 bits per heavy atom. The van der Waals surface area contributed by atoms with Gasteiger partial charge in [-0.05, 0) is 37.6 Å². The number of benzene rings is 1. The summed E-state index contributed by atoms with van der Waals surface area (Å²) in [5.41, 5.74) is 2.32. The van der Waals surface area contributed by atoms with E-state index in [1.807, 2.05) is 26.8 Å². The van der Waals surface area contributed by atoms with Gasteiger partial charge < -0.3 is 10.1 Å². The second-order valence-corrected chi connectivity index (χ2v) is 4.15. The number of ether oxygens (including phenoxy) is 1. The first-order chi connectivity index (χ1) is 8.17. The van der Waals surface area contributed by atoms with Crippen LogP contribution in [0.2, 0.25) is 0 Å². The maximum atomic E-state index is 8.88. The van der Waals surface area contributed by atoms with Crippen LogP contribution in [0.5, 0.6) is 5.75 Å². The van der Waals surface area contributed by atoms with Crippen molar-refractivity contribution in [3.8, 4) is 11.8 Å². The van der Waals surface area contributed by atoms with Crippen LogP contribution in [0.25, 0.3) is 0 Å². The Kier molecular flexibility index (Phi) is 5.51. The van der Waals surface area contributed by atoms with Crippen molar-refractivity contribution in [2.24, 2.45) is 0 Å². The summed E-state index contributed by atoms with van der Waals surface area (Å²) in [5, 5.41) is 12.0. The first kappa shape index (κ1) is 13.5. The van der Waals surface area contributed by atoms with Gasteiger partial charge in [-0.1, -0.05) is 19.1 Å². The van der Waals surface area contributed by atoms with E-state index in [4.69, 9.17) is 10.00 Å². The van der Waals surface area contributed by atoms with Crippen LogP contribution >= 0.6 is 0 Å². The summed E-state index contributed by atoms with van der Waals surface area (Å²) in [6.07, 6.45) is 0.706. The SMILES string of the molecule is CCNC(C#N)CCOc1cc(C)ccc1C. The van der Waals surface area contributed by atoms with Gasteiger partial charge in [0.1, 0.15) is 5.75 Å². The van der Waals surface area contributed by atoms with E-state index in [2.05, 4.69) is 23.5 Å². The number of aryl methyl sites for hydroxylation is 2. The lowest BCUT2D eigenvalue weighted by Gasteiger charge is -2.12. The van der Waals surface area contributed by atoms with Gasteiger partial charge in [-0.2, -0.15) is 5.26 Å². The third kappa shape index (κ3) is 4.46. The normalized spacial score (nSPS) is 11.9. The van der Waals surface area contributed by atoms with Crippen molar-refractivity contribution in [1.82, 2.24) is 5.32 Å². The summed E-state index contributed by atoms with van der Waals surface area (Å²) < 4.78 is 5.71. The quantitative estimate of drug-likeness (QED) is 0.820. The molecule has 0 bridgehead atoms. The molecule has 17 heavy (non-hydrogen) atoms. The van der Waals surface area contributed by atoms with Crippen molar-refractivity contribution < 1.29 is 4.74 Å². The second-order valence-electron chi connectivity index (χ2n) is 4.15. The molecule has 3 heteroatoms. The molecule has 1 N–H and O–H groups in total. The minimum absolute atomic E-state index is 0.120. The van der Waals surface area contributed by atoms with E-state index in [0.717, 1.165) is 17.9 Å². The van der Waals surface area contributed by atoms with Gasteiger partial charge in [0.05, 0.1) is 18.7 Å². The predicted molar refractivity (Wildman–Crippen MR) is 69.1 cm³/mol. The Balaban J connectivity index is 2.45. The van der Waals surface area contributed by atoms with Gasteiger partial charge >= 0.3 is 0 Å². The topological polar surface area (TPSA) is 45.0 Å². The molecule has 0 fully saturated rings. The van der Waals surface area contributed by atoms with Crippen LogP contribution in [-0.2, 0) is 0 Å². The third-order valence-corrected chi connectivity index (χ3v) is 2.61. The predicted octanol–water partition coefficient (Wildman–Crippen LogP) is 2.57. The summed E-state index contributed by atoms with van der Waals surface area (Å²) in [7, 11) is 0. The number of hydrogen-bond acceptors (Lipinski definition) is 3. The summed E-state index contributed by atoms with van der Waals surface area (Å²) in [4.78, 5) is 0. The summed E-state index contributed by atoms with van der Waals surface area (Å²) in [6.45, 7) is 7.44. The Morgan fingerprint density at radius 3 is 2.82 bits per heavy atom. The van der Waals surface area contributed by atoms with Gasteiger partial charge in [0.2, 0.25) is 0 Å². The van der Waals surface area contributed by atoms with Crippen molar-refractivity contribution in [3.05, 3.63) is 29.3 Å². The fourth-order valence-electron chi connectivity index (χ4n) is 1.61. The van der Waals surface area contributed by atoms with Crippen molar-refractivity contribution in [3.63, 3.8) is 0 Å². The standard InChI is InChI=1S/C14H20N2O/c1-4-16-13(10-15)7-8-17-14-9-11(2)5-6-12(14)3/h5-6,9,13,16H,4,7-8H2,1-3H3. The molecular weight excluding hydrogens is 212 g/mol. The molecule has 0 aromatic heterocycles. The molecule has 1 aromatic carbocycles. The Hall–Kier alpha value is -1.53. The minimum Gasteiger partial charge on any atom is -0.493 e. The molecule has 0 radical (unpaired) electrons. The number of hydrogen-bond donors (Lipinski definition) is 1. The van der Waals surface area contributed by atoms with E-state index < -0.39 is 0 Å². The first-order valence-corrected chi connectivity index (χ1v) is 6.00. The van der Waals surface area contributed by atoms with Crippen molar-refractivity contribution in [2.75, 3.05) is 13.2 Å². The molecule has 0 amide bonds. The molecule has 0 aliphatic rings. The Bertz CT molecular complexity index is 396. The zero-order valence-electron chi connectivity index (χ0n) is 10.8. The van der Waals surface area contributed by atoms with Crippen LogP contribution in [0.4, 0.5) is 0 Å². The highest BCUT2D eigenvalue weighted by molar-refractivity contribution is 5.35. The number of nitrogens with zero attached hydrogens (tertiary/aromatic N) is 1. The molecule has 0 saturated carbocycles. The van der Waals surface area contributed by atoms with E-state index in [1.165, 1.54) is 5.56 Å². The van der Waals surface area contributed by atoms with Crippen LogP contribution in [0.1, 0.15) is 24.5 Å². The van der Waals surface area contributed by atoms with Gasteiger partial charge in [-0.3, -0.25) is 0 Å². The fraction of sp³-hybridized carbons (Fsp3) is 0.500. The lowest BCUT2D eigenvalue weighted by Crippen LogP contribution is -2.28. The molecule has 0 saturated heterocycles. The lowest BCUT2D eigenvalue weighted by molar-refractivity contribution is 0.296. The van der Waals surface area contributed by atoms with E-state index in [0.29, 0.717) is 13.0 Å². The summed E-state index contributed by atoms with van der Waals surface area (Å²) >= 11 is 0. The van der Waals surface area contributed by atoms with Gasteiger partial charge in [0, 0.05) is 6.42 Å². The smallest absolute Gasteiger partial charge is 0.122 e. The van der Waals surface area contributed by atoms with Crippen LogP contribution in [0, 0.1) is 25.2 Å². The third-order valence-electron chi connectivity index (χ3n) is 2.61. The average Bonchev–Trinajstić information content (AvgIpc) is 2.32. The second kappa shape index (κ2) is 6.93. The molecule has 1 atom stereocenters. The van der Waals surface area contributed by atoms with Gasteiger partial charge in [-0.25, -0.2) is 0 Å². The van der Waals surface area contributed by atoms with E-state index >= 15 is 0 Å². The van der Waals surface area contributed by atoms with E-state index in [9.17, 15) is 0 Å². The minimum atomic E-state index is -0.120. The van der Waals surface area contributed by atoms with E-state index in [-0.39, 0.29) is 6.04 Å². The zero-order chi connectivity index (χ0) is 12.7. The number of nitrogens with one attached hydrogen (secondary N) is 1. The van der Waals surface area contributed by atoms with Crippen molar-refractivity contribution in [2.45, 2.75) is 33.2 Å². The number of nitriles is 1. The molecular formula is C14H20N2O. The highest BCUT2D eigenvalue weighted by atomic mass is 16.5. The van der Waals surface area contributed by atoms with Gasteiger partial charge in [-0.15, -0.1) is 0 Å². The average molecular weight is 232 g/mol. The zero-order valence-corrected chi connectivity index (χ0v) is 10.8. The van der Waals surface area contributed by atoms with Crippen LogP contribution in [-0.4, -0.2) is 19.2 Å². The lowest BCUT2D eigenvalue weighted by atomic mass is 10.1. The molecule has 0 spiro atoms. The van der Waals surface area contributed by atoms with E-state index in [1.54, 1.807) is 0 Å². The highest BCUT2D eigenvalue weighted by Crippen LogP contribution is 2.19. The summed E-state index contributed by atoms with van der Waals surface area (Å²) in [5.74, 6) is 0.915. The number of rotatable bonds is 6. The van der Waals surface area contributed by atoms with Crippen LogP contribution < -0.4 is 10.1 Å².